The molecule has 84 valence electrons. The molecule has 2 rings (SSSR count). The lowest BCUT2D eigenvalue weighted by Gasteiger charge is -2.18. The first-order valence-electron chi connectivity index (χ1n) is 4.85. The highest BCUT2D eigenvalue weighted by Crippen LogP contribution is 2.46. The number of fused-ring (bicyclic) bond motifs is 1. The third kappa shape index (κ3) is 2.15. The molecule has 0 saturated carbocycles. The summed E-state index contributed by atoms with van der Waals surface area (Å²) in [5, 5.41) is 0. The van der Waals surface area contributed by atoms with Gasteiger partial charge in [-0.2, -0.15) is 0 Å². The number of alkyl halides is 1. The van der Waals surface area contributed by atoms with Crippen LogP contribution in [0.1, 0.15) is 19.8 Å². The lowest BCUT2D eigenvalue weighted by molar-refractivity contribution is 0.114. The standard InChI is InChI=1S/C10H11Br2FO2/c1-2-3-5(13)7-8(12)6(4-11)14-10-9(7)15-10/h4-5,9-10H,2-3H2,1H3/b6-4-. The molecule has 15 heavy (non-hydrogen) atoms. The van der Waals surface area contributed by atoms with Gasteiger partial charge >= 0.3 is 0 Å². The summed E-state index contributed by atoms with van der Waals surface area (Å²) in [6.07, 6.45) is -0.105. The highest BCUT2D eigenvalue weighted by Gasteiger charge is 2.51. The first kappa shape index (κ1) is 11.6. The van der Waals surface area contributed by atoms with Gasteiger partial charge in [0.1, 0.15) is 18.0 Å². The maximum Gasteiger partial charge on any atom is 0.231 e. The van der Waals surface area contributed by atoms with Crippen molar-refractivity contribution in [2.24, 2.45) is 0 Å². The highest BCUT2D eigenvalue weighted by atomic mass is 79.9. The van der Waals surface area contributed by atoms with E-state index in [9.17, 15) is 4.39 Å². The zero-order valence-corrected chi connectivity index (χ0v) is 11.3. The van der Waals surface area contributed by atoms with Crippen molar-refractivity contribution in [1.29, 1.82) is 0 Å². The second-order valence-corrected chi connectivity index (χ2v) is 4.79. The molecule has 0 aromatic heterocycles. The molecule has 3 unspecified atom stereocenters. The van der Waals surface area contributed by atoms with Crippen molar-refractivity contribution in [2.45, 2.75) is 38.3 Å². The summed E-state index contributed by atoms with van der Waals surface area (Å²) in [6, 6.07) is 0. The Hall–Kier alpha value is 0.130. The van der Waals surface area contributed by atoms with Crippen molar-refractivity contribution in [3.05, 3.63) is 20.8 Å². The van der Waals surface area contributed by atoms with Crippen LogP contribution in [0.2, 0.25) is 0 Å². The largest absolute Gasteiger partial charge is 0.460 e. The van der Waals surface area contributed by atoms with Crippen LogP contribution in [0.25, 0.3) is 0 Å². The molecule has 0 bridgehead atoms. The van der Waals surface area contributed by atoms with Crippen LogP contribution in [0.5, 0.6) is 0 Å². The van der Waals surface area contributed by atoms with E-state index in [2.05, 4.69) is 31.9 Å². The van der Waals surface area contributed by atoms with Crippen LogP contribution in [0.4, 0.5) is 4.39 Å². The average Bonchev–Trinajstić information content (AvgIpc) is 2.95. The lowest BCUT2D eigenvalue weighted by Crippen LogP contribution is -2.19. The van der Waals surface area contributed by atoms with E-state index >= 15 is 0 Å². The Labute approximate surface area is 105 Å². The molecule has 0 N–H and O–H groups in total. The molecular formula is C10H11Br2FO2. The van der Waals surface area contributed by atoms with E-state index < -0.39 is 6.17 Å². The first-order valence-corrected chi connectivity index (χ1v) is 6.56. The number of halogens is 3. The summed E-state index contributed by atoms with van der Waals surface area (Å²) in [4.78, 5) is 1.63. The number of ether oxygens (including phenoxy) is 2. The Bertz CT molecular complexity index is 327. The van der Waals surface area contributed by atoms with Crippen LogP contribution >= 0.6 is 31.9 Å². The van der Waals surface area contributed by atoms with Crippen molar-refractivity contribution in [1.82, 2.24) is 0 Å². The van der Waals surface area contributed by atoms with E-state index in [4.69, 9.17) is 9.47 Å². The van der Waals surface area contributed by atoms with Gasteiger partial charge in [0.15, 0.2) is 0 Å². The molecule has 0 spiro atoms. The van der Waals surface area contributed by atoms with Gasteiger partial charge in [-0.25, -0.2) is 4.39 Å². The summed E-state index contributed by atoms with van der Waals surface area (Å²) in [6.45, 7) is 1.97. The zero-order valence-electron chi connectivity index (χ0n) is 8.17. The second kappa shape index (κ2) is 4.55. The van der Waals surface area contributed by atoms with Gasteiger partial charge in [-0.05, 0) is 22.4 Å². The molecule has 5 heteroatoms. The Morgan fingerprint density at radius 2 is 2.33 bits per heavy atom. The van der Waals surface area contributed by atoms with E-state index in [0.717, 1.165) is 6.42 Å². The molecule has 0 aromatic rings. The monoisotopic (exact) mass is 340 g/mol. The molecule has 3 atom stereocenters. The van der Waals surface area contributed by atoms with E-state index in [-0.39, 0.29) is 12.4 Å². The number of hydrogen-bond donors (Lipinski definition) is 0. The maximum atomic E-state index is 13.9. The summed E-state index contributed by atoms with van der Waals surface area (Å²) in [5.41, 5.74) is 0.679. The normalized spacial score (nSPS) is 33.7. The zero-order chi connectivity index (χ0) is 11.0. The van der Waals surface area contributed by atoms with Crippen molar-refractivity contribution in [3.63, 3.8) is 0 Å². The summed E-state index contributed by atoms with van der Waals surface area (Å²) >= 11 is 6.54. The van der Waals surface area contributed by atoms with Crippen molar-refractivity contribution < 1.29 is 13.9 Å². The SMILES string of the molecule is CCCC(F)C1=C(Br)/C(=C/Br)OC2OC12. The third-order valence-corrected chi connectivity index (χ3v) is 3.71. The highest BCUT2D eigenvalue weighted by molar-refractivity contribution is 9.12. The van der Waals surface area contributed by atoms with Crippen LogP contribution in [0, 0.1) is 0 Å². The van der Waals surface area contributed by atoms with Crippen LogP contribution in [0.3, 0.4) is 0 Å². The minimum atomic E-state index is -0.953. The van der Waals surface area contributed by atoms with Gasteiger partial charge in [0, 0.05) is 10.6 Å². The summed E-state index contributed by atoms with van der Waals surface area (Å²) < 4.78 is 25.2. The van der Waals surface area contributed by atoms with Crippen molar-refractivity contribution >= 4 is 31.9 Å². The second-order valence-electron chi connectivity index (χ2n) is 3.54. The Morgan fingerprint density at radius 1 is 1.60 bits per heavy atom. The fraction of sp³-hybridized carbons (Fsp3) is 0.600. The summed E-state index contributed by atoms with van der Waals surface area (Å²) in [7, 11) is 0. The van der Waals surface area contributed by atoms with Crippen LogP contribution in [-0.2, 0) is 9.47 Å². The van der Waals surface area contributed by atoms with E-state index in [1.807, 2.05) is 6.92 Å². The van der Waals surface area contributed by atoms with E-state index in [1.165, 1.54) is 0 Å². The molecule has 2 aliphatic heterocycles. The van der Waals surface area contributed by atoms with Gasteiger partial charge in [0.2, 0.25) is 6.29 Å². The minimum Gasteiger partial charge on any atom is -0.460 e. The molecule has 2 nitrogen and oxygen atoms in total. The number of hydrogen-bond acceptors (Lipinski definition) is 2. The van der Waals surface area contributed by atoms with Gasteiger partial charge in [0.25, 0.3) is 0 Å². The number of allylic oxidation sites excluding steroid dienone is 1. The third-order valence-electron chi connectivity index (χ3n) is 2.45. The number of epoxide rings is 1. The van der Waals surface area contributed by atoms with Crippen molar-refractivity contribution in [3.8, 4) is 0 Å². The quantitative estimate of drug-likeness (QED) is 0.729. The molecule has 0 radical (unpaired) electrons. The average molecular weight is 342 g/mol. The van der Waals surface area contributed by atoms with Gasteiger partial charge in [-0.3, -0.25) is 0 Å². The van der Waals surface area contributed by atoms with Gasteiger partial charge in [-0.1, -0.05) is 29.3 Å². The minimum absolute atomic E-state index is 0.197. The predicted octanol–water partition coefficient (Wildman–Crippen LogP) is 3.77. The van der Waals surface area contributed by atoms with Crippen molar-refractivity contribution in [2.75, 3.05) is 0 Å². The van der Waals surface area contributed by atoms with Crippen LogP contribution in [-0.4, -0.2) is 18.6 Å². The van der Waals surface area contributed by atoms with Gasteiger partial charge in [-0.15, -0.1) is 0 Å². The lowest BCUT2D eigenvalue weighted by atomic mass is 10.0. The molecule has 1 fully saturated rings. The predicted molar refractivity (Wildman–Crippen MR) is 62.5 cm³/mol. The maximum absolute atomic E-state index is 13.9. The van der Waals surface area contributed by atoms with E-state index in [1.54, 1.807) is 4.99 Å². The molecule has 1 saturated heterocycles. The van der Waals surface area contributed by atoms with Crippen LogP contribution in [0.15, 0.2) is 20.8 Å². The van der Waals surface area contributed by atoms with Crippen LogP contribution < -0.4 is 0 Å². The number of rotatable bonds is 3. The fourth-order valence-corrected chi connectivity index (χ4v) is 2.98. The molecule has 0 aliphatic carbocycles. The fourth-order valence-electron chi connectivity index (χ4n) is 1.65. The Balaban J connectivity index is 2.26. The van der Waals surface area contributed by atoms with E-state index in [0.29, 0.717) is 22.2 Å². The Morgan fingerprint density at radius 3 is 2.93 bits per heavy atom. The Kier molecular flexibility index (Phi) is 3.52. The van der Waals surface area contributed by atoms with Gasteiger partial charge < -0.3 is 9.47 Å². The molecule has 0 amide bonds. The molecule has 2 heterocycles. The topological polar surface area (TPSA) is 21.8 Å². The summed E-state index contributed by atoms with van der Waals surface area (Å²) in [5.74, 6) is 0.600. The molecule has 2 aliphatic rings. The first-order chi connectivity index (χ1) is 7.19. The molecular weight excluding hydrogens is 331 g/mol. The molecule has 0 aromatic carbocycles. The van der Waals surface area contributed by atoms with Gasteiger partial charge in [0.05, 0.1) is 4.48 Å². The smallest absolute Gasteiger partial charge is 0.231 e.